The van der Waals surface area contributed by atoms with Crippen molar-refractivity contribution < 1.29 is 9.53 Å². The van der Waals surface area contributed by atoms with Crippen molar-refractivity contribution >= 4 is 17.7 Å². The summed E-state index contributed by atoms with van der Waals surface area (Å²) in [5.74, 6) is 0.465. The molecule has 0 spiro atoms. The molecule has 0 aromatic heterocycles. The average molecular weight is 290 g/mol. The summed E-state index contributed by atoms with van der Waals surface area (Å²) in [6.45, 7) is 0.701. The van der Waals surface area contributed by atoms with E-state index in [1.54, 1.807) is 0 Å². The van der Waals surface area contributed by atoms with Gasteiger partial charge in [0.1, 0.15) is 6.61 Å². The van der Waals surface area contributed by atoms with Crippen molar-refractivity contribution in [2.75, 3.05) is 0 Å². The largest absolute Gasteiger partial charge is 0.445 e. The van der Waals surface area contributed by atoms with Gasteiger partial charge in [0.05, 0.1) is 0 Å². The summed E-state index contributed by atoms with van der Waals surface area (Å²) in [7, 11) is 0. The van der Waals surface area contributed by atoms with Gasteiger partial charge in [0.2, 0.25) is 0 Å². The molecule has 0 saturated heterocycles. The smallest absolute Gasteiger partial charge is 0.407 e. The Hall–Kier alpha value is -2.00. The minimum Gasteiger partial charge on any atom is -0.445 e. The molecule has 0 aliphatic heterocycles. The number of alkyl carbamates (subject to hydrolysis) is 1. The lowest BCUT2D eigenvalue weighted by molar-refractivity contribution is 0.139. The van der Waals surface area contributed by atoms with E-state index in [1.807, 2.05) is 54.6 Å². The van der Waals surface area contributed by atoms with E-state index in [0.29, 0.717) is 12.4 Å². The van der Waals surface area contributed by atoms with E-state index >= 15 is 0 Å². The summed E-state index contributed by atoms with van der Waals surface area (Å²) in [4.78, 5) is 11.6. The van der Waals surface area contributed by atoms with Gasteiger partial charge in [-0.25, -0.2) is 4.79 Å². The molecule has 0 aliphatic carbocycles. The van der Waals surface area contributed by atoms with Crippen LogP contribution in [0.25, 0.3) is 0 Å². The highest BCUT2D eigenvalue weighted by molar-refractivity contribution is 6.17. The maximum absolute atomic E-state index is 11.6. The van der Waals surface area contributed by atoms with Crippen molar-refractivity contribution in [1.82, 2.24) is 5.32 Å². The molecule has 20 heavy (non-hydrogen) atoms. The van der Waals surface area contributed by atoms with Crippen LogP contribution in [0.3, 0.4) is 0 Å². The molecule has 2 aromatic carbocycles. The first-order valence-electron chi connectivity index (χ1n) is 6.36. The van der Waals surface area contributed by atoms with E-state index in [0.717, 1.165) is 16.7 Å². The Morgan fingerprint density at radius 1 is 1.00 bits per heavy atom. The topological polar surface area (TPSA) is 38.3 Å². The highest BCUT2D eigenvalue weighted by atomic mass is 35.5. The van der Waals surface area contributed by atoms with Crippen molar-refractivity contribution in [2.45, 2.75) is 19.0 Å². The number of hydrogen-bond acceptors (Lipinski definition) is 2. The number of halogens is 1. The first-order valence-corrected chi connectivity index (χ1v) is 6.89. The van der Waals surface area contributed by atoms with Gasteiger partial charge in [0.15, 0.2) is 0 Å². The quantitative estimate of drug-likeness (QED) is 0.849. The number of carbonyl (C=O) groups is 1. The third-order valence-electron chi connectivity index (χ3n) is 2.80. The highest BCUT2D eigenvalue weighted by Crippen LogP contribution is 2.07. The van der Waals surface area contributed by atoms with Crippen molar-refractivity contribution in [1.29, 1.82) is 0 Å². The van der Waals surface area contributed by atoms with Crippen LogP contribution in [0.2, 0.25) is 0 Å². The predicted molar refractivity (Wildman–Crippen MR) is 79.5 cm³/mol. The maximum atomic E-state index is 11.6. The van der Waals surface area contributed by atoms with Crippen LogP contribution >= 0.6 is 11.6 Å². The number of rotatable bonds is 5. The number of carbonyl (C=O) groups excluding carboxylic acids is 1. The van der Waals surface area contributed by atoms with Crippen LogP contribution < -0.4 is 5.32 Å². The third kappa shape index (κ3) is 4.59. The van der Waals surface area contributed by atoms with Crippen molar-refractivity contribution in [3.8, 4) is 0 Å². The van der Waals surface area contributed by atoms with E-state index in [2.05, 4.69) is 5.32 Å². The molecule has 0 unspecified atom stereocenters. The lowest BCUT2D eigenvalue weighted by Crippen LogP contribution is -2.23. The fourth-order valence-electron chi connectivity index (χ4n) is 1.77. The first kappa shape index (κ1) is 14.4. The van der Waals surface area contributed by atoms with Gasteiger partial charge >= 0.3 is 6.09 Å². The average Bonchev–Trinajstić information content (AvgIpc) is 2.52. The number of ether oxygens (including phenoxy) is 1. The molecule has 1 amide bonds. The number of nitrogens with one attached hydrogen (secondary N) is 1. The monoisotopic (exact) mass is 289 g/mol. The van der Waals surface area contributed by atoms with Crippen LogP contribution in [0.5, 0.6) is 0 Å². The summed E-state index contributed by atoms with van der Waals surface area (Å²) in [5, 5.41) is 2.72. The fourth-order valence-corrected chi connectivity index (χ4v) is 1.94. The molecular formula is C16H16ClNO2. The first-order chi connectivity index (χ1) is 9.78. The van der Waals surface area contributed by atoms with E-state index in [-0.39, 0.29) is 6.61 Å². The lowest BCUT2D eigenvalue weighted by atomic mass is 10.1. The molecule has 4 heteroatoms. The highest BCUT2D eigenvalue weighted by Gasteiger charge is 2.03. The van der Waals surface area contributed by atoms with Crippen LogP contribution in [0.4, 0.5) is 4.79 Å². The minimum absolute atomic E-state index is 0.272. The zero-order chi connectivity index (χ0) is 14.2. The van der Waals surface area contributed by atoms with Crippen LogP contribution in [0, 0.1) is 0 Å². The summed E-state index contributed by atoms with van der Waals surface area (Å²) in [5.41, 5.74) is 3.00. The van der Waals surface area contributed by atoms with Gasteiger partial charge < -0.3 is 10.1 Å². The molecule has 0 aliphatic rings. The second kappa shape index (κ2) is 7.56. The van der Waals surface area contributed by atoms with E-state index < -0.39 is 6.09 Å². The van der Waals surface area contributed by atoms with Gasteiger partial charge in [-0.15, -0.1) is 11.6 Å². The SMILES string of the molecule is O=C(NCc1cccc(CCl)c1)OCc1ccccc1. The molecule has 2 rings (SSSR count). The zero-order valence-corrected chi connectivity index (χ0v) is 11.8. The fraction of sp³-hybridized carbons (Fsp3) is 0.188. The lowest BCUT2D eigenvalue weighted by Gasteiger charge is -2.08. The molecular weight excluding hydrogens is 274 g/mol. The van der Waals surface area contributed by atoms with Gasteiger partial charge in [0.25, 0.3) is 0 Å². The molecule has 0 heterocycles. The van der Waals surface area contributed by atoms with Crippen molar-refractivity contribution in [3.05, 3.63) is 71.3 Å². The standard InChI is InChI=1S/C16H16ClNO2/c17-10-14-7-4-8-15(9-14)11-18-16(19)20-12-13-5-2-1-3-6-13/h1-9H,10-12H2,(H,18,19). The Morgan fingerprint density at radius 3 is 2.45 bits per heavy atom. The number of hydrogen-bond donors (Lipinski definition) is 1. The van der Waals surface area contributed by atoms with Gasteiger partial charge in [0, 0.05) is 12.4 Å². The molecule has 0 radical (unpaired) electrons. The van der Waals surface area contributed by atoms with E-state index in [9.17, 15) is 4.79 Å². The molecule has 0 saturated carbocycles. The minimum atomic E-state index is -0.426. The molecule has 1 N–H and O–H groups in total. The van der Waals surface area contributed by atoms with Crippen LogP contribution in [-0.4, -0.2) is 6.09 Å². The Morgan fingerprint density at radius 2 is 1.70 bits per heavy atom. The number of benzene rings is 2. The maximum Gasteiger partial charge on any atom is 0.407 e. The zero-order valence-electron chi connectivity index (χ0n) is 11.0. The van der Waals surface area contributed by atoms with Crippen LogP contribution in [0.1, 0.15) is 16.7 Å². The molecule has 3 nitrogen and oxygen atoms in total. The molecule has 0 bridgehead atoms. The molecule has 2 aromatic rings. The van der Waals surface area contributed by atoms with Crippen molar-refractivity contribution in [2.24, 2.45) is 0 Å². The third-order valence-corrected chi connectivity index (χ3v) is 3.10. The van der Waals surface area contributed by atoms with E-state index in [1.165, 1.54) is 0 Å². The second-order valence-electron chi connectivity index (χ2n) is 4.37. The predicted octanol–water partition coefficient (Wildman–Crippen LogP) is 3.85. The number of amides is 1. The molecule has 104 valence electrons. The van der Waals surface area contributed by atoms with Gasteiger partial charge in [-0.3, -0.25) is 0 Å². The summed E-state index contributed by atoms with van der Waals surface area (Å²) < 4.78 is 5.13. The number of alkyl halides is 1. The Kier molecular flexibility index (Phi) is 5.44. The second-order valence-corrected chi connectivity index (χ2v) is 4.64. The normalized spacial score (nSPS) is 10.1. The van der Waals surface area contributed by atoms with Crippen LogP contribution in [-0.2, 0) is 23.8 Å². The van der Waals surface area contributed by atoms with Gasteiger partial charge in [-0.2, -0.15) is 0 Å². The molecule has 0 atom stereocenters. The van der Waals surface area contributed by atoms with E-state index in [4.69, 9.17) is 16.3 Å². The summed E-state index contributed by atoms with van der Waals surface area (Å²) in [6, 6.07) is 17.3. The Labute approximate surface area is 123 Å². The Balaban J connectivity index is 1.77. The van der Waals surface area contributed by atoms with Gasteiger partial charge in [-0.1, -0.05) is 54.6 Å². The summed E-state index contributed by atoms with van der Waals surface area (Å²) >= 11 is 5.77. The Bertz CT molecular complexity index is 557. The van der Waals surface area contributed by atoms with Crippen molar-refractivity contribution in [3.63, 3.8) is 0 Å². The summed E-state index contributed by atoms with van der Waals surface area (Å²) in [6.07, 6.45) is -0.426. The van der Waals surface area contributed by atoms with Crippen LogP contribution in [0.15, 0.2) is 54.6 Å². The molecule has 0 fully saturated rings. The van der Waals surface area contributed by atoms with Gasteiger partial charge in [-0.05, 0) is 16.7 Å².